The number of nitrogens with two attached hydrogens (primary N) is 1. The van der Waals surface area contributed by atoms with E-state index in [1.165, 1.54) is 35.7 Å². The number of anilines is 3. The Hall–Kier alpha value is -3.99. The largest absolute Gasteiger partial charge is 0.368 e. The number of carbonyl (C=O) groups is 1. The summed E-state index contributed by atoms with van der Waals surface area (Å²) in [6.07, 6.45) is 1.49. The summed E-state index contributed by atoms with van der Waals surface area (Å²) in [5, 5.41) is 5.50. The topological polar surface area (TPSA) is 106 Å². The monoisotopic (exact) mass is 498 g/mol. The maximum atomic E-state index is 15.0. The van der Waals surface area contributed by atoms with Crippen LogP contribution in [0.25, 0.3) is 21.8 Å². The van der Waals surface area contributed by atoms with Crippen LogP contribution < -0.4 is 16.4 Å². The maximum Gasteiger partial charge on any atom is 0.323 e. The summed E-state index contributed by atoms with van der Waals surface area (Å²) in [6.45, 7) is 5.95. The summed E-state index contributed by atoms with van der Waals surface area (Å²) < 4.78 is 42.3. The highest BCUT2D eigenvalue weighted by molar-refractivity contribution is 7.15. The van der Waals surface area contributed by atoms with E-state index in [9.17, 15) is 13.6 Å². The molecule has 0 aliphatic carbocycles. The van der Waals surface area contributed by atoms with Crippen molar-refractivity contribution in [1.82, 2.24) is 15.0 Å². The van der Waals surface area contributed by atoms with Crippen LogP contribution in [0.15, 0.2) is 48.7 Å². The van der Waals surface area contributed by atoms with Crippen molar-refractivity contribution in [2.75, 3.05) is 16.4 Å². The van der Waals surface area contributed by atoms with Gasteiger partial charge >= 0.3 is 6.03 Å². The molecule has 2 aromatic heterocycles. The second-order valence-corrected chi connectivity index (χ2v) is 9.64. The third-order valence-electron chi connectivity index (χ3n) is 4.83. The number of rotatable bonds is 4. The van der Waals surface area contributed by atoms with Crippen LogP contribution in [0.4, 0.5) is 35.3 Å². The summed E-state index contributed by atoms with van der Waals surface area (Å²) in [4.78, 5) is 25.7. The van der Waals surface area contributed by atoms with Crippen LogP contribution in [0.5, 0.6) is 0 Å². The molecule has 0 atom stereocenters. The minimum atomic E-state index is -0.824. The molecule has 0 unspecified atom stereocenters. The number of amides is 2. The molecule has 7 nitrogen and oxygen atoms in total. The predicted molar refractivity (Wildman–Crippen MR) is 131 cm³/mol. The van der Waals surface area contributed by atoms with Gasteiger partial charge in [-0.2, -0.15) is 0 Å². The van der Waals surface area contributed by atoms with Gasteiger partial charge in [-0.1, -0.05) is 20.8 Å². The number of halogens is 3. The van der Waals surface area contributed by atoms with Gasteiger partial charge in [0.05, 0.1) is 21.3 Å². The molecule has 0 saturated heterocycles. The van der Waals surface area contributed by atoms with Gasteiger partial charge in [-0.3, -0.25) is 0 Å². The highest BCUT2D eigenvalue weighted by Crippen LogP contribution is 2.41. The first-order valence-electron chi connectivity index (χ1n) is 10.4. The Labute approximate surface area is 203 Å². The van der Waals surface area contributed by atoms with Gasteiger partial charge in [-0.25, -0.2) is 32.9 Å². The first-order chi connectivity index (χ1) is 16.5. The molecule has 4 N–H and O–H groups in total. The number of nitrogens with one attached hydrogen (secondary N) is 2. The minimum absolute atomic E-state index is 0.0518. The van der Waals surface area contributed by atoms with E-state index >= 15 is 4.39 Å². The number of aromatic nitrogens is 3. The Morgan fingerprint density at radius 3 is 2.43 bits per heavy atom. The number of hydrogen-bond acceptors (Lipinski definition) is 6. The Kier molecular flexibility index (Phi) is 6.44. The van der Waals surface area contributed by atoms with Gasteiger partial charge in [0.2, 0.25) is 5.95 Å². The van der Waals surface area contributed by atoms with Gasteiger partial charge < -0.3 is 16.4 Å². The first kappa shape index (κ1) is 24.1. The molecule has 0 fully saturated rings. The van der Waals surface area contributed by atoms with Crippen LogP contribution in [0.3, 0.4) is 0 Å². The van der Waals surface area contributed by atoms with Gasteiger partial charge in [-0.05, 0) is 36.4 Å². The van der Waals surface area contributed by atoms with Gasteiger partial charge in [0.25, 0.3) is 0 Å². The number of nitrogens with zero attached hydrogens (tertiary/aromatic N) is 3. The second-order valence-electron chi connectivity index (χ2n) is 8.64. The maximum absolute atomic E-state index is 15.0. The molecular formula is C24H21F3N6OS. The zero-order valence-electron chi connectivity index (χ0n) is 19.0. The minimum Gasteiger partial charge on any atom is -0.368 e. The summed E-state index contributed by atoms with van der Waals surface area (Å²) in [7, 11) is 0. The Bertz CT molecular complexity index is 1420. The zero-order chi connectivity index (χ0) is 25.3. The van der Waals surface area contributed by atoms with Gasteiger partial charge in [0.15, 0.2) is 0 Å². The summed E-state index contributed by atoms with van der Waals surface area (Å²) >= 11 is 1.30. The van der Waals surface area contributed by atoms with Crippen molar-refractivity contribution in [3.63, 3.8) is 0 Å². The lowest BCUT2D eigenvalue weighted by atomic mass is 9.98. The molecule has 0 bridgehead atoms. The molecule has 4 aromatic rings. The molecule has 0 radical (unpaired) electrons. The predicted octanol–water partition coefficient (Wildman–Crippen LogP) is 6.21. The third kappa shape index (κ3) is 5.40. The quantitative estimate of drug-likeness (QED) is 0.310. The van der Waals surface area contributed by atoms with Crippen LogP contribution in [0.1, 0.15) is 25.8 Å². The van der Waals surface area contributed by atoms with Crippen molar-refractivity contribution in [3.05, 3.63) is 71.1 Å². The number of thiazole rings is 1. The standard InChI is InChI=1S/C24H21F3N6OS/c1-24(2,3)21-33-19(17-8-9-29-22(28)31-17)20(35-21)14-11-13(5-7-15(14)26)30-23(34)32-18-10-12(25)4-6-16(18)27/h4-11H,1-3H3,(H2,28,29,31)(H2,30,32,34). The third-order valence-corrected chi connectivity index (χ3v) is 6.35. The molecule has 180 valence electrons. The number of nitrogen functional groups attached to an aromatic ring is 1. The lowest BCUT2D eigenvalue weighted by Crippen LogP contribution is -2.20. The Morgan fingerprint density at radius 2 is 1.71 bits per heavy atom. The normalized spacial score (nSPS) is 11.4. The number of hydrogen-bond donors (Lipinski definition) is 3. The van der Waals surface area contributed by atoms with E-state index in [4.69, 9.17) is 10.7 Å². The lowest BCUT2D eigenvalue weighted by molar-refractivity contribution is 0.262. The average Bonchev–Trinajstić information content (AvgIpc) is 3.23. The van der Waals surface area contributed by atoms with Crippen LogP contribution in [0.2, 0.25) is 0 Å². The highest BCUT2D eigenvalue weighted by Gasteiger charge is 2.25. The van der Waals surface area contributed by atoms with Crippen LogP contribution in [-0.4, -0.2) is 21.0 Å². The number of carbonyl (C=O) groups excluding carboxylic acids is 1. The first-order valence-corrected chi connectivity index (χ1v) is 11.3. The van der Waals surface area contributed by atoms with Crippen LogP contribution in [0, 0.1) is 17.5 Å². The van der Waals surface area contributed by atoms with Crippen molar-refractivity contribution in [3.8, 4) is 21.8 Å². The Morgan fingerprint density at radius 1 is 0.971 bits per heavy atom. The molecule has 35 heavy (non-hydrogen) atoms. The van der Waals surface area contributed by atoms with Crippen molar-refractivity contribution in [2.24, 2.45) is 0 Å². The van der Waals surface area contributed by atoms with E-state index < -0.39 is 23.5 Å². The molecule has 2 heterocycles. The van der Waals surface area contributed by atoms with Crippen LogP contribution >= 0.6 is 11.3 Å². The zero-order valence-corrected chi connectivity index (χ0v) is 19.8. The van der Waals surface area contributed by atoms with E-state index in [0.717, 1.165) is 23.2 Å². The average molecular weight is 499 g/mol. The fourth-order valence-electron chi connectivity index (χ4n) is 3.16. The molecule has 0 aliphatic heterocycles. The molecular weight excluding hydrogens is 477 g/mol. The van der Waals surface area contributed by atoms with Crippen molar-refractivity contribution in [1.29, 1.82) is 0 Å². The van der Waals surface area contributed by atoms with Crippen molar-refractivity contribution < 1.29 is 18.0 Å². The molecule has 11 heteroatoms. The fourth-order valence-corrected chi connectivity index (χ4v) is 4.31. The highest BCUT2D eigenvalue weighted by atomic mass is 32.1. The summed E-state index contributed by atoms with van der Waals surface area (Å²) in [5.74, 6) is -1.99. The fraction of sp³-hybridized carbons (Fsp3) is 0.167. The lowest BCUT2D eigenvalue weighted by Gasteiger charge is -2.13. The van der Waals surface area contributed by atoms with Gasteiger partial charge in [0.1, 0.15) is 23.1 Å². The van der Waals surface area contributed by atoms with E-state index in [0.29, 0.717) is 16.3 Å². The smallest absolute Gasteiger partial charge is 0.323 e. The Balaban J connectivity index is 1.71. The van der Waals surface area contributed by atoms with Crippen molar-refractivity contribution in [2.45, 2.75) is 26.2 Å². The molecule has 0 saturated carbocycles. The van der Waals surface area contributed by atoms with E-state index in [-0.39, 0.29) is 28.3 Å². The SMILES string of the molecule is CC(C)(C)c1nc(-c2ccnc(N)n2)c(-c2cc(NC(=O)Nc3cc(F)ccc3F)ccc2F)s1. The van der Waals surface area contributed by atoms with Gasteiger partial charge in [0, 0.05) is 28.9 Å². The van der Waals surface area contributed by atoms with E-state index in [2.05, 4.69) is 20.6 Å². The second kappa shape index (κ2) is 9.34. The molecule has 0 aliphatic rings. The van der Waals surface area contributed by atoms with Crippen LogP contribution in [-0.2, 0) is 5.41 Å². The van der Waals surface area contributed by atoms with E-state index in [1.807, 2.05) is 20.8 Å². The molecule has 0 spiro atoms. The van der Waals surface area contributed by atoms with Crippen molar-refractivity contribution >= 4 is 34.7 Å². The van der Waals surface area contributed by atoms with Gasteiger partial charge in [-0.15, -0.1) is 11.3 Å². The number of benzene rings is 2. The molecule has 2 amide bonds. The molecule has 2 aromatic carbocycles. The summed E-state index contributed by atoms with van der Waals surface area (Å²) in [6, 6.07) is 7.49. The van der Waals surface area contributed by atoms with E-state index in [1.54, 1.807) is 6.07 Å². The number of urea groups is 1. The summed E-state index contributed by atoms with van der Waals surface area (Å²) in [5.41, 5.74) is 6.36. The molecule has 4 rings (SSSR count).